The zero-order chi connectivity index (χ0) is 12.3. The van der Waals surface area contributed by atoms with Crippen LogP contribution < -0.4 is 5.32 Å². The molecule has 1 N–H and O–H groups in total. The van der Waals surface area contributed by atoms with E-state index < -0.39 is 0 Å². The molecule has 1 fully saturated rings. The van der Waals surface area contributed by atoms with Crippen molar-refractivity contribution < 1.29 is 9.13 Å². The van der Waals surface area contributed by atoms with E-state index in [0.29, 0.717) is 16.4 Å². The summed E-state index contributed by atoms with van der Waals surface area (Å²) in [6.07, 6.45) is 1.90. The Morgan fingerprint density at radius 2 is 2.41 bits per heavy atom. The highest BCUT2D eigenvalue weighted by Crippen LogP contribution is 2.25. The third-order valence-electron chi connectivity index (χ3n) is 3.38. The topological polar surface area (TPSA) is 21.3 Å². The highest BCUT2D eigenvalue weighted by Gasteiger charge is 2.25. The van der Waals surface area contributed by atoms with Crippen molar-refractivity contribution in [2.75, 3.05) is 20.3 Å². The van der Waals surface area contributed by atoms with Crippen LogP contribution in [0.4, 0.5) is 4.39 Å². The Labute approximate surface area is 110 Å². The lowest BCUT2D eigenvalue weighted by Gasteiger charge is -2.22. The summed E-state index contributed by atoms with van der Waals surface area (Å²) in [5.74, 6) is 0.329. The van der Waals surface area contributed by atoms with Crippen molar-refractivity contribution in [2.45, 2.75) is 18.9 Å². The van der Waals surface area contributed by atoms with Gasteiger partial charge in [0.2, 0.25) is 0 Å². The Kier molecular flexibility index (Phi) is 4.54. The Morgan fingerprint density at radius 3 is 3.06 bits per heavy atom. The zero-order valence-corrected chi connectivity index (χ0v) is 11.5. The maximum Gasteiger partial charge on any atom is 0.137 e. The van der Waals surface area contributed by atoms with E-state index in [-0.39, 0.29) is 5.82 Å². The third-order valence-corrected chi connectivity index (χ3v) is 4.26. The summed E-state index contributed by atoms with van der Waals surface area (Å²) >= 11 is 3.31. The molecule has 2 atom stereocenters. The van der Waals surface area contributed by atoms with Gasteiger partial charge in [-0.15, -0.1) is 0 Å². The molecule has 0 bridgehead atoms. The van der Waals surface area contributed by atoms with E-state index in [0.717, 1.165) is 31.6 Å². The van der Waals surface area contributed by atoms with Crippen molar-refractivity contribution in [3.05, 3.63) is 34.1 Å². The number of rotatable bonds is 4. The van der Waals surface area contributed by atoms with Crippen LogP contribution in [-0.4, -0.2) is 26.3 Å². The lowest BCUT2D eigenvalue weighted by atomic mass is 9.93. The highest BCUT2D eigenvalue weighted by atomic mass is 79.9. The molecule has 0 aromatic heterocycles. The molecule has 1 heterocycles. The van der Waals surface area contributed by atoms with Crippen molar-refractivity contribution in [2.24, 2.45) is 5.92 Å². The van der Waals surface area contributed by atoms with E-state index in [4.69, 9.17) is 4.74 Å². The predicted octanol–water partition coefficient (Wildman–Crippen LogP) is 2.76. The minimum Gasteiger partial charge on any atom is -0.381 e. The second kappa shape index (κ2) is 5.94. The van der Waals surface area contributed by atoms with Crippen LogP contribution in [0.5, 0.6) is 0 Å². The molecule has 0 radical (unpaired) electrons. The van der Waals surface area contributed by atoms with Gasteiger partial charge in [-0.25, -0.2) is 4.39 Å². The number of hydrogen-bond donors (Lipinski definition) is 1. The summed E-state index contributed by atoms with van der Waals surface area (Å²) in [6.45, 7) is 1.64. The average Bonchev–Trinajstić information content (AvgIpc) is 2.85. The van der Waals surface area contributed by atoms with Gasteiger partial charge in [0.05, 0.1) is 11.1 Å². The molecule has 0 amide bonds. The van der Waals surface area contributed by atoms with Crippen molar-refractivity contribution in [1.29, 1.82) is 0 Å². The first-order valence-electron chi connectivity index (χ1n) is 5.90. The van der Waals surface area contributed by atoms with Gasteiger partial charge in [0, 0.05) is 18.6 Å². The van der Waals surface area contributed by atoms with Crippen LogP contribution in [0.1, 0.15) is 12.0 Å². The van der Waals surface area contributed by atoms with Crippen LogP contribution in [0.3, 0.4) is 0 Å². The van der Waals surface area contributed by atoms with Gasteiger partial charge in [-0.1, -0.05) is 12.1 Å². The number of halogens is 2. The lowest BCUT2D eigenvalue weighted by molar-refractivity contribution is 0.177. The Hall–Kier alpha value is -0.450. The molecule has 0 saturated carbocycles. The largest absolute Gasteiger partial charge is 0.381 e. The molecule has 1 aliphatic rings. The lowest BCUT2D eigenvalue weighted by Crippen LogP contribution is -2.36. The molecule has 2 nitrogen and oxygen atoms in total. The fourth-order valence-corrected chi connectivity index (χ4v) is 2.74. The van der Waals surface area contributed by atoms with E-state index in [1.165, 1.54) is 6.07 Å². The second-order valence-electron chi connectivity index (χ2n) is 4.44. The number of benzene rings is 1. The van der Waals surface area contributed by atoms with Gasteiger partial charge in [0.25, 0.3) is 0 Å². The van der Waals surface area contributed by atoms with Gasteiger partial charge < -0.3 is 10.1 Å². The molecule has 2 unspecified atom stereocenters. The number of nitrogens with one attached hydrogen (secondary N) is 1. The smallest absolute Gasteiger partial charge is 0.137 e. The maximum atomic E-state index is 13.4. The fourth-order valence-electron chi connectivity index (χ4n) is 2.32. The van der Waals surface area contributed by atoms with Gasteiger partial charge in [-0.3, -0.25) is 0 Å². The number of ether oxygens (including phenoxy) is 1. The van der Waals surface area contributed by atoms with Gasteiger partial charge in [0.1, 0.15) is 5.82 Å². The first-order valence-corrected chi connectivity index (χ1v) is 6.69. The molecule has 2 rings (SSSR count). The van der Waals surface area contributed by atoms with Crippen LogP contribution >= 0.6 is 15.9 Å². The van der Waals surface area contributed by atoms with E-state index in [2.05, 4.69) is 21.2 Å². The molecular weight excluding hydrogens is 285 g/mol. The van der Waals surface area contributed by atoms with E-state index in [9.17, 15) is 4.39 Å². The zero-order valence-electron chi connectivity index (χ0n) is 9.88. The summed E-state index contributed by atoms with van der Waals surface area (Å²) in [5, 5.41) is 3.32. The highest BCUT2D eigenvalue weighted by molar-refractivity contribution is 9.10. The van der Waals surface area contributed by atoms with Crippen molar-refractivity contribution >= 4 is 15.9 Å². The molecule has 0 aliphatic carbocycles. The normalized spacial score (nSPS) is 21.7. The van der Waals surface area contributed by atoms with E-state index in [1.807, 2.05) is 13.1 Å². The second-order valence-corrected chi connectivity index (χ2v) is 5.23. The fraction of sp³-hybridized carbons (Fsp3) is 0.538. The van der Waals surface area contributed by atoms with Crippen molar-refractivity contribution in [3.63, 3.8) is 0 Å². The van der Waals surface area contributed by atoms with Gasteiger partial charge in [0.15, 0.2) is 0 Å². The third kappa shape index (κ3) is 3.06. The molecule has 0 spiro atoms. The molecule has 1 saturated heterocycles. The van der Waals surface area contributed by atoms with Crippen molar-refractivity contribution in [3.8, 4) is 0 Å². The predicted molar refractivity (Wildman–Crippen MR) is 69.6 cm³/mol. The van der Waals surface area contributed by atoms with Crippen LogP contribution in [0.15, 0.2) is 22.7 Å². The van der Waals surface area contributed by atoms with Crippen LogP contribution in [0.2, 0.25) is 0 Å². The van der Waals surface area contributed by atoms with Gasteiger partial charge in [-0.2, -0.15) is 0 Å². The molecule has 1 aromatic rings. The summed E-state index contributed by atoms with van der Waals surface area (Å²) < 4.78 is 19.4. The van der Waals surface area contributed by atoms with Gasteiger partial charge >= 0.3 is 0 Å². The first-order chi connectivity index (χ1) is 8.22. The molecule has 4 heteroatoms. The van der Waals surface area contributed by atoms with Crippen LogP contribution in [0.25, 0.3) is 0 Å². The average molecular weight is 302 g/mol. The quantitative estimate of drug-likeness (QED) is 0.923. The molecule has 1 aromatic carbocycles. The van der Waals surface area contributed by atoms with Crippen molar-refractivity contribution in [1.82, 2.24) is 5.32 Å². The Bertz CT molecular complexity index is 380. The summed E-state index contributed by atoms with van der Waals surface area (Å²) in [5.41, 5.74) is 1.01. The van der Waals surface area contributed by atoms with Crippen LogP contribution in [-0.2, 0) is 11.2 Å². The first kappa shape index (κ1) is 13.0. The Morgan fingerprint density at radius 1 is 1.59 bits per heavy atom. The van der Waals surface area contributed by atoms with Gasteiger partial charge in [-0.05, 0) is 47.4 Å². The van der Waals surface area contributed by atoms with Crippen LogP contribution in [0, 0.1) is 11.7 Å². The SMILES string of the molecule is CNC(Cc1cccc(F)c1Br)C1CCOC1. The van der Waals surface area contributed by atoms with E-state index in [1.54, 1.807) is 6.07 Å². The maximum absolute atomic E-state index is 13.4. The number of hydrogen-bond acceptors (Lipinski definition) is 2. The monoisotopic (exact) mass is 301 g/mol. The standard InChI is InChI=1S/C13H17BrFNO/c1-16-12(10-5-6-17-8-10)7-9-3-2-4-11(15)13(9)14/h2-4,10,12,16H,5-8H2,1H3. The minimum absolute atomic E-state index is 0.194. The molecule has 1 aliphatic heterocycles. The summed E-state index contributed by atoms with van der Waals surface area (Å²) in [7, 11) is 1.95. The Balaban J connectivity index is 2.09. The molecule has 17 heavy (non-hydrogen) atoms. The number of likely N-dealkylation sites (N-methyl/N-ethyl adjacent to an activating group) is 1. The minimum atomic E-state index is -0.194. The summed E-state index contributed by atoms with van der Waals surface area (Å²) in [6, 6.07) is 5.54. The van der Waals surface area contributed by atoms with E-state index >= 15 is 0 Å². The summed E-state index contributed by atoms with van der Waals surface area (Å²) in [4.78, 5) is 0. The molecule has 94 valence electrons. The molecular formula is C13H17BrFNO.